The third-order valence-electron chi connectivity index (χ3n) is 4.17. The number of hydrogen-bond donors (Lipinski definition) is 2. The normalized spacial score (nSPS) is 25.7. The summed E-state index contributed by atoms with van der Waals surface area (Å²) in [7, 11) is 0. The predicted octanol–water partition coefficient (Wildman–Crippen LogP) is 3.80. The number of hydrogen-bond acceptors (Lipinski definition) is 2. The van der Waals surface area contributed by atoms with Crippen LogP contribution in [-0.2, 0) is 0 Å². The van der Waals surface area contributed by atoms with Gasteiger partial charge in [-0.15, -0.1) is 0 Å². The summed E-state index contributed by atoms with van der Waals surface area (Å²) < 4.78 is 13.5. The summed E-state index contributed by atoms with van der Waals surface area (Å²) >= 11 is 11.6. The Morgan fingerprint density at radius 1 is 1.38 bits per heavy atom. The first-order valence-corrected chi connectivity index (χ1v) is 7.70. The summed E-state index contributed by atoms with van der Waals surface area (Å²) in [5, 5.41) is 12.4. The molecule has 0 heterocycles. The summed E-state index contributed by atoms with van der Waals surface area (Å²) in [6, 6.07) is 2.23. The van der Waals surface area contributed by atoms with Gasteiger partial charge in [-0.1, -0.05) is 30.1 Å². The average Bonchev–Trinajstić information content (AvgIpc) is 2.45. The molecule has 0 unspecified atom stereocenters. The SMILES string of the molecule is CC1CCC(CO)(NC(=O)c2cc(F)c(Cl)cc2Cl)CC1. The van der Waals surface area contributed by atoms with Gasteiger partial charge in [-0.25, -0.2) is 4.39 Å². The zero-order chi connectivity index (χ0) is 15.6. The summed E-state index contributed by atoms with van der Waals surface area (Å²) in [5.41, 5.74) is -0.617. The first-order chi connectivity index (χ1) is 9.87. The van der Waals surface area contributed by atoms with Crippen molar-refractivity contribution in [2.75, 3.05) is 6.61 Å². The largest absolute Gasteiger partial charge is 0.394 e. The molecule has 1 aromatic rings. The molecule has 0 atom stereocenters. The lowest BCUT2D eigenvalue weighted by molar-refractivity contribution is 0.0717. The predicted molar refractivity (Wildman–Crippen MR) is 81.3 cm³/mol. The second kappa shape index (κ2) is 6.51. The summed E-state index contributed by atoms with van der Waals surface area (Å²) in [6.07, 6.45) is 3.27. The molecule has 1 fully saturated rings. The summed E-state index contributed by atoms with van der Waals surface area (Å²) in [4.78, 5) is 12.3. The molecule has 0 bridgehead atoms. The van der Waals surface area contributed by atoms with E-state index in [4.69, 9.17) is 23.2 Å². The fourth-order valence-corrected chi connectivity index (χ4v) is 3.11. The highest BCUT2D eigenvalue weighted by molar-refractivity contribution is 6.36. The van der Waals surface area contributed by atoms with E-state index in [1.54, 1.807) is 0 Å². The molecule has 2 rings (SSSR count). The topological polar surface area (TPSA) is 49.3 Å². The second-order valence-electron chi connectivity index (χ2n) is 5.82. The van der Waals surface area contributed by atoms with Gasteiger partial charge in [0.1, 0.15) is 5.82 Å². The standard InChI is InChI=1S/C15H18Cl2FNO2/c1-9-2-4-15(8-20,5-3-9)19-14(21)10-6-13(18)12(17)7-11(10)16/h6-7,9,20H,2-5,8H2,1H3,(H,19,21). The van der Waals surface area contributed by atoms with Crippen LogP contribution in [0.2, 0.25) is 10.0 Å². The summed E-state index contributed by atoms with van der Waals surface area (Å²) in [6.45, 7) is 2.01. The Morgan fingerprint density at radius 2 is 2.00 bits per heavy atom. The zero-order valence-corrected chi connectivity index (χ0v) is 13.3. The number of benzene rings is 1. The van der Waals surface area contributed by atoms with Gasteiger partial charge in [-0.05, 0) is 43.7 Å². The second-order valence-corrected chi connectivity index (χ2v) is 6.64. The molecule has 1 aliphatic carbocycles. The lowest BCUT2D eigenvalue weighted by atomic mass is 9.77. The Morgan fingerprint density at radius 3 is 2.57 bits per heavy atom. The number of rotatable bonds is 3. The Hall–Kier alpha value is -0.840. The minimum atomic E-state index is -0.693. The summed E-state index contributed by atoms with van der Waals surface area (Å²) in [5.74, 6) is -0.598. The number of aliphatic hydroxyl groups is 1. The molecule has 1 aliphatic rings. The van der Waals surface area contributed by atoms with Crippen molar-refractivity contribution in [2.24, 2.45) is 5.92 Å². The molecule has 0 radical (unpaired) electrons. The molecule has 116 valence electrons. The molecule has 1 amide bonds. The first kappa shape index (κ1) is 16.5. The maximum atomic E-state index is 13.5. The number of nitrogens with one attached hydrogen (secondary N) is 1. The van der Waals surface area contributed by atoms with Crippen molar-refractivity contribution in [3.63, 3.8) is 0 Å². The average molecular weight is 334 g/mol. The van der Waals surface area contributed by atoms with Crippen molar-refractivity contribution in [3.05, 3.63) is 33.6 Å². The number of aliphatic hydroxyl groups excluding tert-OH is 1. The number of carbonyl (C=O) groups excluding carboxylic acids is 1. The fraction of sp³-hybridized carbons (Fsp3) is 0.533. The zero-order valence-electron chi connectivity index (χ0n) is 11.8. The third-order valence-corrected chi connectivity index (χ3v) is 4.77. The van der Waals surface area contributed by atoms with Crippen molar-refractivity contribution in [2.45, 2.75) is 38.1 Å². The lowest BCUT2D eigenvalue weighted by Gasteiger charge is -2.38. The van der Waals surface area contributed by atoms with Crippen molar-refractivity contribution in [3.8, 4) is 0 Å². The minimum Gasteiger partial charge on any atom is -0.394 e. The Labute approximate surface area is 133 Å². The van der Waals surface area contributed by atoms with Crippen LogP contribution in [0, 0.1) is 11.7 Å². The lowest BCUT2D eigenvalue weighted by Crippen LogP contribution is -2.53. The maximum absolute atomic E-state index is 13.5. The van der Waals surface area contributed by atoms with Gasteiger partial charge in [-0.2, -0.15) is 0 Å². The van der Waals surface area contributed by atoms with Crippen molar-refractivity contribution in [1.29, 1.82) is 0 Å². The van der Waals surface area contributed by atoms with Crippen LogP contribution in [0.3, 0.4) is 0 Å². The van der Waals surface area contributed by atoms with Gasteiger partial charge < -0.3 is 10.4 Å². The van der Waals surface area contributed by atoms with E-state index >= 15 is 0 Å². The van der Waals surface area contributed by atoms with E-state index < -0.39 is 17.3 Å². The van der Waals surface area contributed by atoms with Crippen LogP contribution in [0.5, 0.6) is 0 Å². The highest BCUT2D eigenvalue weighted by Gasteiger charge is 2.35. The smallest absolute Gasteiger partial charge is 0.253 e. The molecular formula is C15H18Cl2FNO2. The molecule has 0 aliphatic heterocycles. The highest BCUT2D eigenvalue weighted by Crippen LogP contribution is 2.32. The van der Waals surface area contributed by atoms with E-state index in [1.165, 1.54) is 6.07 Å². The van der Waals surface area contributed by atoms with Crippen molar-refractivity contribution in [1.82, 2.24) is 5.32 Å². The minimum absolute atomic E-state index is 0.0324. The number of carbonyl (C=O) groups is 1. The van der Waals surface area contributed by atoms with Gasteiger partial charge in [0, 0.05) is 0 Å². The monoisotopic (exact) mass is 333 g/mol. The van der Waals surface area contributed by atoms with Crippen LogP contribution in [0.4, 0.5) is 4.39 Å². The van der Waals surface area contributed by atoms with E-state index in [-0.39, 0.29) is 22.2 Å². The van der Waals surface area contributed by atoms with Crippen LogP contribution >= 0.6 is 23.2 Å². The van der Waals surface area contributed by atoms with E-state index in [9.17, 15) is 14.3 Å². The molecule has 6 heteroatoms. The van der Waals surface area contributed by atoms with Crippen molar-refractivity contribution < 1.29 is 14.3 Å². The Kier molecular flexibility index (Phi) is 5.12. The van der Waals surface area contributed by atoms with E-state index in [2.05, 4.69) is 12.2 Å². The highest BCUT2D eigenvalue weighted by atomic mass is 35.5. The first-order valence-electron chi connectivity index (χ1n) is 6.95. The Balaban J connectivity index is 2.19. The van der Waals surface area contributed by atoms with Crippen LogP contribution in [0.25, 0.3) is 0 Å². The third kappa shape index (κ3) is 3.68. The van der Waals surface area contributed by atoms with Gasteiger partial charge >= 0.3 is 0 Å². The van der Waals surface area contributed by atoms with Gasteiger partial charge in [0.25, 0.3) is 5.91 Å². The van der Waals surface area contributed by atoms with Crippen LogP contribution in [-0.4, -0.2) is 23.2 Å². The molecule has 21 heavy (non-hydrogen) atoms. The van der Waals surface area contributed by atoms with Crippen molar-refractivity contribution >= 4 is 29.1 Å². The van der Waals surface area contributed by atoms with E-state index in [0.717, 1.165) is 18.9 Å². The van der Waals surface area contributed by atoms with Gasteiger partial charge in [0.05, 0.1) is 27.8 Å². The molecule has 0 spiro atoms. The van der Waals surface area contributed by atoms with Crippen LogP contribution in [0.15, 0.2) is 12.1 Å². The van der Waals surface area contributed by atoms with Crippen LogP contribution < -0.4 is 5.32 Å². The molecule has 0 aromatic heterocycles. The molecule has 2 N–H and O–H groups in total. The molecule has 1 aromatic carbocycles. The maximum Gasteiger partial charge on any atom is 0.253 e. The van der Waals surface area contributed by atoms with Gasteiger partial charge in [0.2, 0.25) is 0 Å². The van der Waals surface area contributed by atoms with Crippen LogP contribution in [0.1, 0.15) is 43.0 Å². The molecular weight excluding hydrogens is 316 g/mol. The quantitative estimate of drug-likeness (QED) is 0.826. The van der Waals surface area contributed by atoms with E-state index in [1.807, 2.05) is 0 Å². The molecule has 1 saturated carbocycles. The van der Waals surface area contributed by atoms with Gasteiger partial charge in [0.15, 0.2) is 0 Å². The Bertz CT molecular complexity index is 543. The molecule has 3 nitrogen and oxygen atoms in total. The fourth-order valence-electron chi connectivity index (χ4n) is 2.64. The number of halogens is 3. The number of amides is 1. The molecule has 0 saturated heterocycles. The van der Waals surface area contributed by atoms with E-state index in [0.29, 0.717) is 18.8 Å². The van der Waals surface area contributed by atoms with Gasteiger partial charge in [-0.3, -0.25) is 4.79 Å².